The van der Waals surface area contributed by atoms with Crippen LogP contribution in [0, 0.1) is 26.1 Å². The monoisotopic (exact) mass is 344 g/mol. The fourth-order valence-corrected chi connectivity index (χ4v) is 2.60. The molecule has 0 aromatic heterocycles. The lowest BCUT2D eigenvalue weighted by Gasteiger charge is -2.18. The van der Waals surface area contributed by atoms with Crippen molar-refractivity contribution in [3.05, 3.63) is 62.2 Å². The number of hydrogen-bond acceptors (Lipinski definition) is 6. The third-order valence-corrected chi connectivity index (χ3v) is 3.82. The highest BCUT2D eigenvalue weighted by molar-refractivity contribution is 5.98. The molecule has 1 aromatic carbocycles. The molecule has 0 saturated carbocycles. The highest BCUT2D eigenvalue weighted by Crippen LogP contribution is 2.29. The maximum atomic E-state index is 11.2. The molecule has 1 atom stereocenters. The molecule has 0 radical (unpaired) electrons. The van der Waals surface area contributed by atoms with Gasteiger partial charge in [0.15, 0.2) is 0 Å². The highest BCUT2D eigenvalue weighted by Gasteiger charge is 2.20. The number of rotatable bonds is 6. The number of anilines is 1. The smallest absolute Gasteiger partial charge is 0.271 e. The van der Waals surface area contributed by atoms with Gasteiger partial charge in [-0.15, -0.1) is 0 Å². The van der Waals surface area contributed by atoms with Gasteiger partial charge in [-0.25, -0.2) is 0 Å². The van der Waals surface area contributed by atoms with Crippen LogP contribution in [0.25, 0.3) is 0 Å². The molecule has 8 heteroatoms. The summed E-state index contributed by atoms with van der Waals surface area (Å²) in [7, 11) is 0. The Hall–Kier alpha value is -3.03. The summed E-state index contributed by atoms with van der Waals surface area (Å²) in [5.74, 6) is 0.240. The van der Waals surface area contributed by atoms with Gasteiger partial charge in [0, 0.05) is 12.0 Å². The van der Waals surface area contributed by atoms with E-state index in [2.05, 4.69) is 22.7 Å². The van der Waals surface area contributed by atoms with Crippen LogP contribution in [-0.4, -0.2) is 15.6 Å². The summed E-state index contributed by atoms with van der Waals surface area (Å²) in [5.41, 5.74) is 4.03. The third kappa shape index (κ3) is 4.97. The van der Waals surface area contributed by atoms with Crippen molar-refractivity contribution in [2.24, 2.45) is 11.0 Å². The molecule has 0 saturated heterocycles. The first-order valence-corrected chi connectivity index (χ1v) is 7.95. The molecule has 1 N–H and O–H groups in total. The predicted octanol–water partition coefficient (Wildman–Crippen LogP) is 4.59. The van der Waals surface area contributed by atoms with Crippen molar-refractivity contribution in [2.45, 2.75) is 33.1 Å². The van der Waals surface area contributed by atoms with Gasteiger partial charge in [0.05, 0.1) is 21.6 Å². The lowest BCUT2D eigenvalue weighted by atomic mass is 9.89. The van der Waals surface area contributed by atoms with Crippen molar-refractivity contribution in [1.82, 2.24) is 0 Å². The molecule has 0 fully saturated rings. The van der Waals surface area contributed by atoms with Gasteiger partial charge in [0.25, 0.3) is 5.69 Å². The van der Waals surface area contributed by atoms with Gasteiger partial charge in [-0.3, -0.25) is 25.7 Å². The zero-order valence-electron chi connectivity index (χ0n) is 14.1. The standard InChI is InChI=1S/C17H20N4O4/c1-12(2)10-16(13-6-4-3-5-7-13)19-18-15-9-8-14(20(22)23)11-17(15)21(24)25/h3-4,8-11,13,18H,5-7H2,1-2H3/b19-16-/t13-/m1/s1. The average molecular weight is 344 g/mol. The molecule has 2 rings (SSSR count). The van der Waals surface area contributed by atoms with Crippen molar-refractivity contribution < 1.29 is 9.85 Å². The summed E-state index contributed by atoms with van der Waals surface area (Å²) in [6.07, 6.45) is 8.99. The lowest BCUT2D eigenvalue weighted by molar-refractivity contribution is -0.393. The normalized spacial score (nSPS) is 17.0. The Morgan fingerprint density at radius 3 is 2.56 bits per heavy atom. The topological polar surface area (TPSA) is 111 Å². The zero-order valence-corrected chi connectivity index (χ0v) is 14.1. The zero-order chi connectivity index (χ0) is 18.4. The SMILES string of the molecule is CC(C)=C/C(=N/Nc1ccc([N+](=O)[O-])cc1[N+](=O)[O-])[C@@H]1CC=CCC1. The summed E-state index contributed by atoms with van der Waals surface area (Å²) in [5, 5.41) is 26.4. The predicted molar refractivity (Wildman–Crippen MR) is 96.7 cm³/mol. The van der Waals surface area contributed by atoms with Crippen LogP contribution in [0.15, 0.2) is 47.1 Å². The Morgan fingerprint density at radius 2 is 2.00 bits per heavy atom. The number of hydrogen-bond donors (Lipinski definition) is 1. The first kappa shape index (κ1) is 18.3. The third-order valence-electron chi connectivity index (χ3n) is 3.82. The van der Waals surface area contributed by atoms with E-state index in [1.54, 1.807) is 0 Å². The second-order valence-electron chi connectivity index (χ2n) is 6.07. The minimum atomic E-state index is -0.664. The first-order valence-electron chi connectivity index (χ1n) is 7.95. The maximum absolute atomic E-state index is 11.2. The van der Waals surface area contributed by atoms with Crippen LogP contribution >= 0.6 is 0 Å². The summed E-state index contributed by atoms with van der Waals surface area (Å²) in [6.45, 7) is 3.92. The van der Waals surface area contributed by atoms with Crippen molar-refractivity contribution >= 4 is 22.8 Å². The average Bonchev–Trinajstić information content (AvgIpc) is 2.58. The minimum absolute atomic E-state index is 0.126. The van der Waals surface area contributed by atoms with Crippen molar-refractivity contribution in [1.29, 1.82) is 0 Å². The largest absolute Gasteiger partial charge is 0.301 e. The van der Waals surface area contributed by atoms with Crippen molar-refractivity contribution in [2.75, 3.05) is 5.43 Å². The van der Waals surface area contributed by atoms with Crippen LogP contribution in [-0.2, 0) is 0 Å². The second kappa shape index (κ2) is 8.18. The Bertz CT molecular complexity index is 764. The van der Waals surface area contributed by atoms with Crippen LogP contribution in [0.2, 0.25) is 0 Å². The van der Waals surface area contributed by atoms with Gasteiger partial charge < -0.3 is 0 Å². The minimum Gasteiger partial charge on any atom is -0.271 e. The van der Waals surface area contributed by atoms with Gasteiger partial charge in [-0.05, 0) is 45.3 Å². The van der Waals surface area contributed by atoms with E-state index in [9.17, 15) is 20.2 Å². The molecular weight excluding hydrogens is 324 g/mol. The summed E-state index contributed by atoms with van der Waals surface area (Å²) < 4.78 is 0. The van der Waals surface area contributed by atoms with Crippen LogP contribution in [0.3, 0.4) is 0 Å². The molecule has 0 spiro atoms. The molecule has 25 heavy (non-hydrogen) atoms. The van der Waals surface area contributed by atoms with E-state index in [4.69, 9.17) is 0 Å². The number of nitrogens with zero attached hydrogens (tertiary/aromatic N) is 3. The number of nitro benzene ring substituents is 2. The Balaban J connectivity index is 2.33. The fraction of sp³-hybridized carbons (Fsp3) is 0.353. The molecule has 132 valence electrons. The molecule has 0 bridgehead atoms. The summed E-state index contributed by atoms with van der Waals surface area (Å²) in [6, 6.07) is 3.46. The van der Waals surface area contributed by atoms with E-state index >= 15 is 0 Å². The molecule has 0 aliphatic heterocycles. The molecule has 0 amide bonds. The Labute approximate surface area is 145 Å². The molecule has 1 aliphatic rings. The van der Waals surface area contributed by atoms with E-state index in [1.807, 2.05) is 19.9 Å². The van der Waals surface area contributed by atoms with E-state index in [0.29, 0.717) is 0 Å². The van der Waals surface area contributed by atoms with Gasteiger partial charge in [0.1, 0.15) is 5.69 Å². The lowest BCUT2D eigenvalue weighted by Crippen LogP contribution is -2.16. The number of benzene rings is 1. The van der Waals surface area contributed by atoms with Gasteiger partial charge in [-0.2, -0.15) is 5.10 Å². The summed E-state index contributed by atoms with van der Waals surface area (Å²) >= 11 is 0. The van der Waals surface area contributed by atoms with Gasteiger partial charge >= 0.3 is 5.69 Å². The maximum Gasteiger partial charge on any atom is 0.301 e. The van der Waals surface area contributed by atoms with Crippen LogP contribution < -0.4 is 5.43 Å². The number of hydrazone groups is 1. The molecule has 0 unspecified atom stereocenters. The molecule has 0 heterocycles. The Morgan fingerprint density at radius 1 is 1.24 bits per heavy atom. The highest BCUT2D eigenvalue weighted by atomic mass is 16.6. The van der Waals surface area contributed by atoms with Crippen molar-refractivity contribution in [3.63, 3.8) is 0 Å². The summed E-state index contributed by atoms with van der Waals surface area (Å²) in [4.78, 5) is 20.7. The molecule has 8 nitrogen and oxygen atoms in total. The van der Waals surface area contributed by atoms with E-state index in [-0.39, 0.29) is 23.0 Å². The Kier molecular flexibility index (Phi) is 5.99. The molecule has 1 aromatic rings. The number of nitrogens with one attached hydrogen (secondary N) is 1. The van der Waals surface area contributed by atoms with E-state index in [0.717, 1.165) is 36.6 Å². The van der Waals surface area contributed by atoms with E-state index in [1.165, 1.54) is 12.1 Å². The van der Waals surface area contributed by atoms with Gasteiger partial charge in [-0.1, -0.05) is 17.7 Å². The van der Waals surface area contributed by atoms with Gasteiger partial charge in [0.2, 0.25) is 0 Å². The number of non-ortho nitro benzene ring substituents is 1. The number of allylic oxidation sites excluding steroid dienone is 4. The van der Waals surface area contributed by atoms with E-state index < -0.39 is 9.85 Å². The van der Waals surface area contributed by atoms with Crippen LogP contribution in [0.1, 0.15) is 33.1 Å². The number of nitro groups is 2. The second-order valence-corrected chi connectivity index (χ2v) is 6.07. The fourth-order valence-electron chi connectivity index (χ4n) is 2.60. The first-order chi connectivity index (χ1) is 11.9. The van der Waals surface area contributed by atoms with Crippen LogP contribution in [0.5, 0.6) is 0 Å². The van der Waals surface area contributed by atoms with Crippen molar-refractivity contribution in [3.8, 4) is 0 Å². The molecule has 1 aliphatic carbocycles. The van der Waals surface area contributed by atoms with Crippen LogP contribution in [0.4, 0.5) is 17.1 Å². The molecular formula is C17H20N4O4. The quantitative estimate of drug-likeness (QED) is 0.351.